The smallest absolute Gasteiger partial charge is 0.377 e. The van der Waals surface area contributed by atoms with Gasteiger partial charge in [0.15, 0.2) is 0 Å². The van der Waals surface area contributed by atoms with E-state index in [2.05, 4.69) is 14.8 Å². The highest BCUT2D eigenvalue weighted by Crippen LogP contribution is 2.38. The number of esters is 1. The van der Waals surface area contributed by atoms with Gasteiger partial charge in [-0.25, -0.2) is 14.5 Å². The van der Waals surface area contributed by atoms with Gasteiger partial charge in [0.2, 0.25) is 0 Å². The van der Waals surface area contributed by atoms with E-state index in [0.717, 1.165) is 38.9 Å². The number of aromatic nitrogens is 3. The maximum absolute atomic E-state index is 11.4. The lowest BCUT2D eigenvalue weighted by Crippen LogP contribution is -2.44. The minimum atomic E-state index is -0.503. The fourth-order valence-corrected chi connectivity index (χ4v) is 2.96. The summed E-state index contributed by atoms with van der Waals surface area (Å²) < 4.78 is 17.8. The van der Waals surface area contributed by atoms with E-state index in [1.165, 1.54) is 7.11 Å². The molecule has 0 amide bonds. The summed E-state index contributed by atoms with van der Waals surface area (Å²) >= 11 is 0. The number of carbonyl (C=O) groups excluding carboxylic acids is 1. The van der Waals surface area contributed by atoms with Gasteiger partial charge in [-0.05, 0) is 25.7 Å². The lowest BCUT2D eigenvalue weighted by atomic mass is 9.84. The van der Waals surface area contributed by atoms with Crippen LogP contribution in [0.5, 0.6) is 0 Å². The standard InChI is InChI=1S/C13H19N3O4/c1-18-12(17)11-14-9-16(15-11)10-2-5-20-13(8-10)3-6-19-7-4-13/h9-10H,2-8H2,1H3. The Morgan fingerprint density at radius 1 is 1.45 bits per heavy atom. The van der Waals surface area contributed by atoms with Crippen molar-refractivity contribution in [1.82, 2.24) is 14.8 Å². The SMILES string of the molecule is COC(=O)c1ncn(C2CCOC3(CCOCC3)C2)n1. The van der Waals surface area contributed by atoms with Gasteiger partial charge in [-0.1, -0.05) is 0 Å². The fraction of sp³-hybridized carbons (Fsp3) is 0.769. The summed E-state index contributed by atoms with van der Waals surface area (Å²) in [5.74, 6) is -0.392. The molecule has 0 aliphatic carbocycles. The summed E-state index contributed by atoms with van der Waals surface area (Å²) in [6.07, 6.45) is 5.21. The van der Waals surface area contributed by atoms with E-state index in [-0.39, 0.29) is 17.5 Å². The Morgan fingerprint density at radius 2 is 2.25 bits per heavy atom. The Morgan fingerprint density at radius 3 is 3.00 bits per heavy atom. The van der Waals surface area contributed by atoms with E-state index < -0.39 is 5.97 Å². The van der Waals surface area contributed by atoms with Crippen LogP contribution in [0.2, 0.25) is 0 Å². The Hall–Kier alpha value is -1.47. The average molecular weight is 281 g/mol. The largest absolute Gasteiger partial charge is 0.463 e. The highest BCUT2D eigenvalue weighted by atomic mass is 16.5. The Labute approximate surface area is 117 Å². The van der Waals surface area contributed by atoms with E-state index in [4.69, 9.17) is 9.47 Å². The van der Waals surface area contributed by atoms with Crippen LogP contribution in [0.3, 0.4) is 0 Å². The van der Waals surface area contributed by atoms with Gasteiger partial charge in [0.25, 0.3) is 5.82 Å². The van der Waals surface area contributed by atoms with Crippen LogP contribution in [0, 0.1) is 0 Å². The molecule has 110 valence electrons. The summed E-state index contributed by atoms with van der Waals surface area (Å²) in [6.45, 7) is 2.20. The van der Waals surface area contributed by atoms with Crippen molar-refractivity contribution in [2.45, 2.75) is 37.3 Å². The summed E-state index contributed by atoms with van der Waals surface area (Å²) in [4.78, 5) is 15.4. The third kappa shape index (κ3) is 2.55. The Bertz CT molecular complexity index is 476. The molecule has 0 bridgehead atoms. The first-order valence-corrected chi connectivity index (χ1v) is 6.94. The second kappa shape index (κ2) is 5.49. The van der Waals surface area contributed by atoms with Crippen LogP contribution in [-0.2, 0) is 14.2 Å². The molecule has 7 nitrogen and oxygen atoms in total. The molecule has 1 unspecified atom stereocenters. The Kier molecular flexibility index (Phi) is 3.71. The zero-order chi connectivity index (χ0) is 14.0. The molecule has 3 rings (SSSR count). The number of hydrogen-bond acceptors (Lipinski definition) is 6. The maximum atomic E-state index is 11.4. The molecule has 0 N–H and O–H groups in total. The molecule has 20 heavy (non-hydrogen) atoms. The van der Waals surface area contributed by atoms with Gasteiger partial charge in [-0.3, -0.25) is 0 Å². The normalized spacial score (nSPS) is 25.6. The van der Waals surface area contributed by atoms with Crippen LogP contribution in [0.1, 0.15) is 42.3 Å². The molecular formula is C13H19N3O4. The van der Waals surface area contributed by atoms with Crippen LogP contribution in [0.25, 0.3) is 0 Å². The lowest BCUT2D eigenvalue weighted by Gasteiger charge is -2.43. The molecule has 0 saturated carbocycles. The molecule has 1 atom stereocenters. The summed E-state index contributed by atoms with van der Waals surface area (Å²) in [5.41, 5.74) is -0.0987. The van der Waals surface area contributed by atoms with Crippen molar-refractivity contribution in [1.29, 1.82) is 0 Å². The first kappa shape index (κ1) is 13.5. The molecule has 0 aromatic carbocycles. The van der Waals surface area contributed by atoms with Crippen molar-refractivity contribution in [3.05, 3.63) is 12.2 Å². The molecule has 1 aromatic heterocycles. The number of rotatable bonds is 2. The molecule has 3 heterocycles. The van der Waals surface area contributed by atoms with Crippen molar-refractivity contribution in [3.63, 3.8) is 0 Å². The summed E-state index contributed by atoms with van der Waals surface area (Å²) in [5, 5.41) is 4.23. The van der Waals surface area contributed by atoms with E-state index in [1.54, 1.807) is 11.0 Å². The molecule has 0 radical (unpaired) electrons. The van der Waals surface area contributed by atoms with Gasteiger partial charge in [-0.2, -0.15) is 0 Å². The highest BCUT2D eigenvalue weighted by molar-refractivity contribution is 5.84. The second-order valence-electron chi connectivity index (χ2n) is 5.33. The van der Waals surface area contributed by atoms with Crippen LogP contribution in [0.15, 0.2) is 6.33 Å². The number of nitrogens with zero attached hydrogens (tertiary/aromatic N) is 3. The van der Waals surface area contributed by atoms with Crippen molar-refractivity contribution >= 4 is 5.97 Å². The maximum Gasteiger partial charge on any atom is 0.377 e. The van der Waals surface area contributed by atoms with Crippen LogP contribution >= 0.6 is 0 Å². The number of ether oxygens (including phenoxy) is 3. The van der Waals surface area contributed by atoms with Crippen LogP contribution in [-0.4, -0.2) is 53.3 Å². The summed E-state index contributed by atoms with van der Waals surface area (Å²) in [6, 6.07) is 0.216. The zero-order valence-corrected chi connectivity index (χ0v) is 11.6. The predicted molar refractivity (Wildman–Crippen MR) is 68.4 cm³/mol. The zero-order valence-electron chi connectivity index (χ0n) is 11.6. The summed E-state index contributed by atoms with van der Waals surface area (Å²) in [7, 11) is 1.33. The minimum Gasteiger partial charge on any atom is -0.463 e. The first-order chi connectivity index (χ1) is 9.72. The lowest BCUT2D eigenvalue weighted by molar-refractivity contribution is -0.145. The van der Waals surface area contributed by atoms with Gasteiger partial charge < -0.3 is 14.2 Å². The van der Waals surface area contributed by atoms with Gasteiger partial charge >= 0.3 is 5.97 Å². The molecule has 1 aromatic rings. The van der Waals surface area contributed by atoms with Crippen LogP contribution < -0.4 is 0 Å². The van der Waals surface area contributed by atoms with Gasteiger partial charge in [0, 0.05) is 19.8 Å². The fourth-order valence-electron chi connectivity index (χ4n) is 2.96. The van der Waals surface area contributed by atoms with Crippen LogP contribution in [0.4, 0.5) is 0 Å². The molecule has 2 aliphatic rings. The number of carbonyl (C=O) groups is 1. The molecule has 7 heteroatoms. The third-order valence-electron chi connectivity index (χ3n) is 4.12. The predicted octanol–water partition coefficient (Wildman–Crippen LogP) is 0.965. The minimum absolute atomic E-state index is 0.0987. The van der Waals surface area contributed by atoms with Crippen molar-refractivity contribution in [2.24, 2.45) is 0 Å². The first-order valence-electron chi connectivity index (χ1n) is 6.94. The van der Waals surface area contributed by atoms with E-state index in [1.807, 2.05) is 0 Å². The van der Waals surface area contributed by atoms with Crippen molar-refractivity contribution < 1.29 is 19.0 Å². The molecule has 2 aliphatic heterocycles. The molecule has 1 spiro atoms. The second-order valence-corrected chi connectivity index (χ2v) is 5.33. The van der Waals surface area contributed by atoms with E-state index in [9.17, 15) is 4.79 Å². The van der Waals surface area contributed by atoms with Crippen molar-refractivity contribution in [3.8, 4) is 0 Å². The highest BCUT2D eigenvalue weighted by Gasteiger charge is 2.40. The topological polar surface area (TPSA) is 75.5 Å². The van der Waals surface area contributed by atoms with Gasteiger partial charge in [0.1, 0.15) is 6.33 Å². The van der Waals surface area contributed by atoms with Gasteiger partial charge in [0.05, 0.1) is 18.8 Å². The Balaban J connectivity index is 1.73. The third-order valence-corrected chi connectivity index (χ3v) is 4.12. The number of methoxy groups -OCH3 is 1. The van der Waals surface area contributed by atoms with E-state index in [0.29, 0.717) is 6.61 Å². The molecule has 2 saturated heterocycles. The monoisotopic (exact) mass is 281 g/mol. The number of hydrogen-bond donors (Lipinski definition) is 0. The quantitative estimate of drug-likeness (QED) is 0.752. The van der Waals surface area contributed by atoms with E-state index >= 15 is 0 Å². The average Bonchev–Trinajstić information content (AvgIpc) is 2.97. The molecular weight excluding hydrogens is 262 g/mol. The van der Waals surface area contributed by atoms with Gasteiger partial charge in [-0.15, -0.1) is 5.10 Å². The molecule has 2 fully saturated rings. The van der Waals surface area contributed by atoms with Crippen molar-refractivity contribution in [2.75, 3.05) is 26.9 Å².